The van der Waals surface area contributed by atoms with Gasteiger partial charge in [0.2, 0.25) is 0 Å². The van der Waals surface area contributed by atoms with Crippen LogP contribution in [0.4, 0.5) is 0 Å². The van der Waals surface area contributed by atoms with Gasteiger partial charge in [-0.1, -0.05) is 0 Å². The quantitative estimate of drug-likeness (QED) is 0.265. The molecule has 0 aromatic rings. The van der Waals surface area contributed by atoms with E-state index in [1.54, 1.807) is 0 Å². The molecule has 8 atom stereocenters. The molecule has 8 unspecified atom stereocenters. The molecule has 7 rings (SSSR count). The van der Waals surface area contributed by atoms with E-state index in [1.165, 1.54) is 45.3 Å². The Morgan fingerprint density at radius 2 is 1.83 bits per heavy atom. The number of carbonyl (C=O) groups excluding carboxylic acids is 1. The molecule has 0 bridgehead atoms. The summed E-state index contributed by atoms with van der Waals surface area (Å²) in [7, 11) is 0. The lowest BCUT2D eigenvalue weighted by atomic mass is 9.75. The van der Waals surface area contributed by atoms with Crippen LogP contribution in [0.15, 0.2) is 0 Å². The molecular formula is C30H54N8O3S. The fraction of sp³-hybridized carbons (Fsp3) is 0.967. The van der Waals surface area contributed by atoms with E-state index in [4.69, 9.17) is 9.47 Å². The molecular weight excluding hydrogens is 552 g/mol. The summed E-state index contributed by atoms with van der Waals surface area (Å²) in [4.78, 5) is 18.0. The number of ketones is 1. The van der Waals surface area contributed by atoms with Crippen LogP contribution in [0.2, 0.25) is 0 Å². The summed E-state index contributed by atoms with van der Waals surface area (Å²) in [6.07, 6.45) is 7.02. The first-order chi connectivity index (χ1) is 20.6. The summed E-state index contributed by atoms with van der Waals surface area (Å²) in [6, 6.07) is 1.04. The Balaban J connectivity index is 0.869. The van der Waals surface area contributed by atoms with Crippen LogP contribution in [0.3, 0.4) is 0 Å². The second-order valence-corrected chi connectivity index (χ2v) is 15.0. The van der Waals surface area contributed by atoms with E-state index in [9.17, 15) is 4.79 Å². The van der Waals surface area contributed by atoms with Crippen molar-refractivity contribution in [3.63, 3.8) is 0 Å². The largest absolute Gasteiger partial charge is 0.379 e. The van der Waals surface area contributed by atoms with E-state index >= 15 is 0 Å². The standard InChI is InChI=1S/C30H54N8O3S/c1-20-22(17-36-10-8-31-9-11-36)18-38(35-20)26-6-7-32-30(34-26)33-23-4-2-21(3-5-23)24-19-42-29-25(39)16-27(41-28(24)29)37-12-14-40-15-13-37/h20-24,26-35H,2-19H2,1H3. The second-order valence-electron chi connectivity index (χ2n) is 13.8. The zero-order chi connectivity index (χ0) is 28.5. The Bertz CT molecular complexity index is 900. The molecule has 6 saturated heterocycles. The predicted octanol–water partition coefficient (Wildman–Crippen LogP) is -0.195. The number of ether oxygens (including phenoxy) is 2. The van der Waals surface area contributed by atoms with Crippen molar-refractivity contribution in [1.29, 1.82) is 0 Å². The van der Waals surface area contributed by atoms with Crippen molar-refractivity contribution in [2.75, 3.05) is 77.9 Å². The van der Waals surface area contributed by atoms with E-state index in [0.29, 0.717) is 48.2 Å². The first kappa shape index (κ1) is 30.3. The highest BCUT2D eigenvalue weighted by atomic mass is 32.2. The molecule has 12 heteroatoms. The molecule has 6 aliphatic heterocycles. The number of nitrogens with zero attached hydrogens (tertiary/aromatic N) is 3. The van der Waals surface area contributed by atoms with Crippen LogP contribution < -0.4 is 26.7 Å². The van der Waals surface area contributed by atoms with E-state index in [0.717, 1.165) is 64.7 Å². The molecule has 7 aliphatic rings. The lowest BCUT2D eigenvalue weighted by molar-refractivity contribution is -0.170. The summed E-state index contributed by atoms with van der Waals surface area (Å²) in [6.45, 7) is 13.5. The number of fused-ring (bicyclic) bond motifs is 1. The topological polar surface area (TPSA) is 105 Å². The fourth-order valence-electron chi connectivity index (χ4n) is 8.57. The van der Waals surface area contributed by atoms with Gasteiger partial charge in [0.05, 0.1) is 30.7 Å². The lowest BCUT2D eigenvalue weighted by Crippen LogP contribution is -2.67. The smallest absolute Gasteiger partial charge is 0.152 e. The van der Waals surface area contributed by atoms with Gasteiger partial charge >= 0.3 is 0 Å². The average molecular weight is 607 g/mol. The van der Waals surface area contributed by atoms with Crippen LogP contribution in [0, 0.1) is 17.8 Å². The van der Waals surface area contributed by atoms with E-state index < -0.39 is 0 Å². The Labute approximate surface area is 256 Å². The molecule has 0 amide bonds. The van der Waals surface area contributed by atoms with Crippen LogP contribution in [0.5, 0.6) is 0 Å². The van der Waals surface area contributed by atoms with Crippen LogP contribution in [0.25, 0.3) is 0 Å². The fourth-order valence-corrected chi connectivity index (χ4v) is 10.2. The normalized spacial score (nSPS) is 44.8. The minimum Gasteiger partial charge on any atom is -0.379 e. The van der Waals surface area contributed by atoms with Gasteiger partial charge in [0.1, 0.15) is 12.5 Å². The number of thioether (sulfide) groups is 1. The maximum atomic E-state index is 13.1. The number of hydrogen-bond acceptors (Lipinski definition) is 12. The second kappa shape index (κ2) is 13.9. The molecule has 0 aromatic carbocycles. The molecule has 1 aliphatic carbocycles. The maximum absolute atomic E-state index is 13.1. The molecule has 11 nitrogen and oxygen atoms in total. The molecule has 6 heterocycles. The third kappa shape index (κ3) is 6.89. The maximum Gasteiger partial charge on any atom is 0.152 e. The Morgan fingerprint density at radius 3 is 2.64 bits per heavy atom. The van der Waals surface area contributed by atoms with E-state index in [1.807, 2.05) is 11.8 Å². The number of piperazine rings is 1. The molecule has 7 fully saturated rings. The minimum atomic E-state index is -0.0521. The number of rotatable bonds is 7. The lowest BCUT2D eigenvalue weighted by Gasteiger charge is -2.43. The van der Waals surface area contributed by atoms with Crippen molar-refractivity contribution in [1.82, 2.24) is 41.5 Å². The number of morpholine rings is 1. The highest BCUT2D eigenvalue weighted by molar-refractivity contribution is 8.01. The van der Waals surface area contributed by atoms with Gasteiger partial charge in [-0.3, -0.25) is 31.1 Å². The van der Waals surface area contributed by atoms with Crippen LogP contribution >= 0.6 is 11.8 Å². The SMILES string of the molecule is CC1NN(C2CCNC(NC3CCC(C4CSC5C(=O)CC(N6CCOCC6)OC54)CC3)N2)CC1CN1CCNCC1. The van der Waals surface area contributed by atoms with E-state index in [2.05, 4.69) is 48.4 Å². The van der Waals surface area contributed by atoms with Gasteiger partial charge in [-0.15, -0.1) is 11.8 Å². The molecule has 5 N–H and O–H groups in total. The van der Waals surface area contributed by atoms with Crippen LogP contribution in [0.1, 0.15) is 45.4 Å². The third-order valence-electron chi connectivity index (χ3n) is 11.1. The van der Waals surface area contributed by atoms with Crippen molar-refractivity contribution in [2.45, 2.75) is 87.6 Å². The van der Waals surface area contributed by atoms with Gasteiger partial charge in [0.25, 0.3) is 0 Å². The highest BCUT2D eigenvalue weighted by Gasteiger charge is 2.50. The van der Waals surface area contributed by atoms with Gasteiger partial charge < -0.3 is 19.7 Å². The minimum absolute atomic E-state index is 0.0501. The highest BCUT2D eigenvalue weighted by Crippen LogP contribution is 2.46. The summed E-state index contributed by atoms with van der Waals surface area (Å²) in [5.41, 5.74) is 3.80. The number of nitrogens with one attached hydrogen (secondary N) is 5. The predicted molar refractivity (Wildman–Crippen MR) is 165 cm³/mol. The van der Waals surface area contributed by atoms with Crippen LogP contribution in [-0.2, 0) is 14.3 Å². The Hall–Kier alpha value is -0.380. The molecule has 238 valence electrons. The average Bonchev–Trinajstić information content (AvgIpc) is 3.62. The summed E-state index contributed by atoms with van der Waals surface area (Å²) in [5, 5.41) is 17.5. The third-order valence-corrected chi connectivity index (χ3v) is 12.6. The zero-order valence-corrected chi connectivity index (χ0v) is 26.3. The van der Waals surface area contributed by atoms with Crippen molar-refractivity contribution in [2.24, 2.45) is 17.8 Å². The van der Waals surface area contributed by atoms with Crippen molar-refractivity contribution in [3.05, 3.63) is 0 Å². The van der Waals surface area contributed by atoms with Gasteiger partial charge in [0.15, 0.2) is 5.78 Å². The van der Waals surface area contributed by atoms with E-state index in [-0.39, 0.29) is 23.9 Å². The van der Waals surface area contributed by atoms with Gasteiger partial charge in [-0.25, -0.2) is 5.01 Å². The summed E-state index contributed by atoms with van der Waals surface area (Å²) >= 11 is 1.87. The van der Waals surface area contributed by atoms with Gasteiger partial charge in [-0.05, 0) is 56.6 Å². The first-order valence-electron chi connectivity index (χ1n) is 16.9. The monoisotopic (exact) mass is 606 g/mol. The van der Waals surface area contributed by atoms with Crippen LogP contribution in [-0.4, -0.2) is 141 Å². The summed E-state index contributed by atoms with van der Waals surface area (Å²) in [5.74, 6) is 3.31. The van der Waals surface area contributed by atoms with Crippen molar-refractivity contribution < 1.29 is 14.3 Å². The first-order valence-corrected chi connectivity index (χ1v) is 18.0. The number of carbonyl (C=O) groups is 1. The molecule has 0 radical (unpaired) electrons. The number of hydrogen-bond donors (Lipinski definition) is 5. The number of Topliss-reactive ketones (excluding diaryl/α,β-unsaturated/α-hetero) is 1. The Kier molecular flexibility index (Phi) is 10.1. The van der Waals surface area contributed by atoms with Crippen molar-refractivity contribution >= 4 is 17.5 Å². The summed E-state index contributed by atoms with van der Waals surface area (Å²) < 4.78 is 12.3. The zero-order valence-electron chi connectivity index (χ0n) is 25.5. The molecule has 42 heavy (non-hydrogen) atoms. The van der Waals surface area contributed by atoms with Gasteiger partial charge in [-0.2, -0.15) is 0 Å². The van der Waals surface area contributed by atoms with Crippen molar-refractivity contribution in [3.8, 4) is 0 Å². The number of hydrazine groups is 1. The molecule has 0 spiro atoms. The molecule has 1 saturated carbocycles. The Morgan fingerprint density at radius 1 is 1.02 bits per heavy atom. The molecule has 0 aromatic heterocycles. The van der Waals surface area contributed by atoms with Gasteiger partial charge in [0, 0.05) is 83.3 Å².